The quantitative estimate of drug-likeness (QED) is 0.780. The highest BCUT2D eigenvalue weighted by molar-refractivity contribution is 5.80. The van der Waals surface area contributed by atoms with Gasteiger partial charge in [0.1, 0.15) is 11.9 Å². The first-order valence-corrected chi connectivity index (χ1v) is 9.96. The molecular formula is C21H31FN2O2. The van der Waals surface area contributed by atoms with E-state index < -0.39 is 0 Å². The van der Waals surface area contributed by atoms with Crippen molar-refractivity contribution in [3.63, 3.8) is 0 Å². The molecule has 0 aromatic heterocycles. The maximum atomic E-state index is 13.7. The standard InChI is InChI=1S/C21H31FN2O2/c1-23(21(25)20-8-4-5-15-26-20)16-17-9-12-24(13-10-17)14-11-18-6-2-3-7-19(18)22/h2-3,6-7,17,20H,4-5,8-16H2,1H3. The number of ether oxygens (including phenoxy) is 1. The third kappa shape index (κ3) is 5.27. The van der Waals surface area contributed by atoms with E-state index in [2.05, 4.69) is 4.90 Å². The fourth-order valence-electron chi connectivity index (χ4n) is 4.03. The molecule has 1 aromatic rings. The van der Waals surface area contributed by atoms with E-state index in [4.69, 9.17) is 4.74 Å². The molecule has 0 bridgehead atoms. The van der Waals surface area contributed by atoms with Crippen LogP contribution in [-0.2, 0) is 16.0 Å². The van der Waals surface area contributed by atoms with Crippen molar-refractivity contribution >= 4 is 5.91 Å². The predicted molar refractivity (Wildman–Crippen MR) is 100 cm³/mol. The molecule has 0 N–H and O–H groups in total. The van der Waals surface area contributed by atoms with Crippen molar-refractivity contribution < 1.29 is 13.9 Å². The van der Waals surface area contributed by atoms with Gasteiger partial charge in [-0.2, -0.15) is 0 Å². The molecule has 2 fully saturated rings. The zero-order valence-electron chi connectivity index (χ0n) is 15.8. The van der Waals surface area contributed by atoms with Gasteiger partial charge in [0.15, 0.2) is 0 Å². The average molecular weight is 362 g/mol. The van der Waals surface area contributed by atoms with Gasteiger partial charge in [-0.1, -0.05) is 18.2 Å². The van der Waals surface area contributed by atoms with Gasteiger partial charge in [-0.3, -0.25) is 4.79 Å². The molecule has 1 unspecified atom stereocenters. The van der Waals surface area contributed by atoms with Gasteiger partial charge in [-0.25, -0.2) is 4.39 Å². The van der Waals surface area contributed by atoms with Gasteiger partial charge in [-0.05, 0) is 69.2 Å². The fourth-order valence-corrected chi connectivity index (χ4v) is 4.03. The highest BCUT2D eigenvalue weighted by atomic mass is 19.1. The molecule has 3 rings (SSSR count). The number of carbonyl (C=O) groups excluding carboxylic acids is 1. The molecule has 0 spiro atoms. The van der Waals surface area contributed by atoms with Crippen LogP contribution in [0.2, 0.25) is 0 Å². The van der Waals surface area contributed by atoms with Crippen LogP contribution >= 0.6 is 0 Å². The minimum absolute atomic E-state index is 0.104. The van der Waals surface area contributed by atoms with Crippen molar-refractivity contribution in [1.82, 2.24) is 9.80 Å². The zero-order valence-corrected chi connectivity index (χ0v) is 15.8. The summed E-state index contributed by atoms with van der Waals surface area (Å²) in [5, 5.41) is 0. The van der Waals surface area contributed by atoms with Crippen molar-refractivity contribution in [2.75, 3.05) is 39.8 Å². The maximum absolute atomic E-state index is 13.7. The van der Waals surface area contributed by atoms with Gasteiger partial charge in [0, 0.05) is 26.7 Å². The molecule has 144 valence electrons. The lowest BCUT2D eigenvalue weighted by Gasteiger charge is -2.35. The number of halogens is 1. The molecule has 4 nitrogen and oxygen atoms in total. The number of likely N-dealkylation sites (N-methyl/N-ethyl adjacent to an activating group) is 1. The first-order valence-electron chi connectivity index (χ1n) is 9.96. The van der Waals surface area contributed by atoms with E-state index in [0.29, 0.717) is 12.5 Å². The van der Waals surface area contributed by atoms with E-state index in [-0.39, 0.29) is 17.8 Å². The molecule has 2 heterocycles. The second kappa shape index (κ2) is 9.47. The summed E-state index contributed by atoms with van der Waals surface area (Å²) in [5.74, 6) is 0.594. The number of likely N-dealkylation sites (tertiary alicyclic amines) is 1. The molecule has 2 saturated heterocycles. The first kappa shape index (κ1) is 19.3. The molecule has 26 heavy (non-hydrogen) atoms. The van der Waals surface area contributed by atoms with Crippen molar-refractivity contribution in [3.8, 4) is 0 Å². The monoisotopic (exact) mass is 362 g/mol. The van der Waals surface area contributed by atoms with Crippen molar-refractivity contribution in [2.45, 2.75) is 44.6 Å². The van der Waals surface area contributed by atoms with Crippen LogP contribution in [0.15, 0.2) is 24.3 Å². The van der Waals surface area contributed by atoms with Crippen LogP contribution in [0.4, 0.5) is 4.39 Å². The normalized spacial score (nSPS) is 22.3. The number of nitrogens with zero attached hydrogens (tertiary/aromatic N) is 2. The Morgan fingerprint density at radius 3 is 2.69 bits per heavy atom. The number of benzene rings is 1. The number of carbonyl (C=O) groups is 1. The zero-order chi connectivity index (χ0) is 18.4. The van der Waals surface area contributed by atoms with Crippen LogP contribution in [0.5, 0.6) is 0 Å². The van der Waals surface area contributed by atoms with E-state index >= 15 is 0 Å². The molecule has 0 saturated carbocycles. The fraction of sp³-hybridized carbons (Fsp3) is 0.667. The summed E-state index contributed by atoms with van der Waals surface area (Å²) in [4.78, 5) is 16.8. The van der Waals surface area contributed by atoms with Gasteiger partial charge in [-0.15, -0.1) is 0 Å². The number of rotatable bonds is 6. The Hall–Kier alpha value is -1.46. The Bertz CT molecular complexity index is 581. The minimum Gasteiger partial charge on any atom is -0.368 e. The molecule has 5 heteroatoms. The van der Waals surface area contributed by atoms with E-state index in [9.17, 15) is 9.18 Å². The lowest BCUT2D eigenvalue weighted by Crippen LogP contribution is -2.44. The number of piperidine rings is 1. The topological polar surface area (TPSA) is 32.8 Å². The summed E-state index contributed by atoms with van der Waals surface area (Å²) < 4.78 is 19.3. The molecule has 1 amide bonds. The van der Waals surface area contributed by atoms with E-state index in [1.165, 1.54) is 6.07 Å². The van der Waals surface area contributed by atoms with E-state index in [1.54, 1.807) is 6.07 Å². The van der Waals surface area contributed by atoms with Crippen LogP contribution in [0.1, 0.15) is 37.7 Å². The summed E-state index contributed by atoms with van der Waals surface area (Å²) in [6.45, 7) is 4.49. The summed E-state index contributed by atoms with van der Waals surface area (Å²) in [5.41, 5.74) is 0.799. The summed E-state index contributed by atoms with van der Waals surface area (Å²) in [6.07, 6.45) is 5.74. The third-order valence-corrected chi connectivity index (χ3v) is 5.73. The van der Waals surface area contributed by atoms with Crippen molar-refractivity contribution in [1.29, 1.82) is 0 Å². The van der Waals surface area contributed by atoms with E-state index in [1.807, 2.05) is 24.1 Å². The largest absolute Gasteiger partial charge is 0.368 e. The van der Waals surface area contributed by atoms with Crippen LogP contribution in [-0.4, -0.2) is 61.6 Å². The van der Waals surface area contributed by atoms with Gasteiger partial charge in [0.05, 0.1) is 0 Å². The molecule has 2 aliphatic rings. The Balaban J connectivity index is 1.38. The van der Waals surface area contributed by atoms with Crippen LogP contribution < -0.4 is 0 Å². The number of hydrogen-bond donors (Lipinski definition) is 0. The van der Waals surface area contributed by atoms with Gasteiger partial charge in [0.25, 0.3) is 5.91 Å². The molecule has 0 aliphatic carbocycles. The van der Waals surface area contributed by atoms with Crippen molar-refractivity contribution in [3.05, 3.63) is 35.6 Å². The second-order valence-electron chi connectivity index (χ2n) is 7.70. The van der Waals surface area contributed by atoms with Crippen LogP contribution in [0.25, 0.3) is 0 Å². The first-order chi connectivity index (χ1) is 12.6. The highest BCUT2D eigenvalue weighted by Gasteiger charge is 2.27. The maximum Gasteiger partial charge on any atom is 0.251 e. The molecule has 2 aliphatic heterocycles. The number of hydrogen-bond acceptors (Lipinski definition) is 3. The van der Waals surface area contributed by atoms with Crippen molar-refractivity contribution in [2.24, 2.45) is 5.92 Å². The molecule has 0 radical (unpaired) electrons. The summed E-state index contributed by atoms with van der Waals surface area (Å²) >= 11 is 0. The third-order valence-electron chi connectivity index (χ3n) is 5.73. The Labute approximate surface area is 156 Å². The smallest absolute Gasteiger partial charge is 0.251 e. The minimum atomic E-state index is -0.227. The lowest BCUT2D eigenvalue weighted by molar-refractivity contribution is -0.145. The van der Waals surface area contributed by atoms with Crippen LogP contribution in [0, 0.1) is 11.7 Å². The van der Waals surface area contributed by atoms with Gasteiger partial charge >= 0.3 is 0 Å². The van der Waals surface area contributed by atoms with Gasteiger partial charge in [0.2, 0.25) is 0 Å². The van der Waals surface area contributed by atoms with Gasteiger partial charge < -0.3 is 14.5 Å². The number of amides is 1. The Kier molecular flexibility index (Phi) is 7.03. The molecular weight excluding hydrogens is 331 g/mol. The SMILES string of the molecule is CN(CC1CCN(CCc2ccccc2F)CC1)C(=O)C1CCCCO1. The summed E-state index contributed by atoms with van der Waals surface area (Å²) in [6, 6.07) is 7.04. The molecule has 1 aromatic carbocycles. The van der Waals surface area contributed by atoms with Crippen LogP contribution in [0.3, 0.4) is 0 Å². The second-order valence-corrected chi connectivity index (χ2v) is 7.70. The highest BCUT2D eigenvalue weighted by Crippen LogP contribution is 2.21. The molecule has 1 atom stereocenters. The Morgan fingerprint density at radius 1 is 1.23 bits per heavy atom. The van der Waals surface area contributed by atoms with E-state index in [0.717, 1.165) is 70.3 Å². The summed E-state index contributed by atoms with van der Waals surface area (Å²) in [7, 11) is 1.91. The predicted octanol–water partition coefficient (Wildman–Crippen LogP) is 3.11. The Morgan fingerprint density at radius 2 is 2.00 bits per heavy atom. The average Bonchev–Trinajstić information content (AvgIpc) is 2.68. The lowest BCUT2D eigenvalue weighted by atomic mass is 9.95.